The molecular weight excluding hydrogens is 436 g/mol. The Bertz CT molecular complexity index is 775. The number of methoxy groups -OCH3 is 3. The van der Waals surface area contributed by atoms with Crippen molar-refractivity contribution in [3.8, 4) is 17.2 Å². The smallest absolute Gasteiger partial charge is 0.338 e. The summed E-state index contributed by atoms with van der Waals surface area (Å²) in [5, 5.41) is 0. The Morgan fingerprint density at radius 2 is 1.44 bits per heavy atom. The van der Waals surface area contributed by atoms with Crippen molar-refractivity contribution in [2.45, 2.75) is 44.9 Å². The summed E-state index contributed by atoms with van der Waals surface area (Å²) in [6, 6.07) is 3.20. The Hall–Kier alpha value is -2.32. The van der Waals surface area contributed by atoms with Crippen LogP contribution in [0.2, 0.25) is 0 Å². The standard InChI is InChI=1S/C26H40N2O6/c1-31-23-18-21(19-24(32-2)25(23)33-3)26(30)34-17-7-11-27-13-15-28(16-14-27)12-10-22(29)20-8-5-4-6-9-20/h18-20H,4-17H2,1-3H3. The lowest BCUT2D eigenvalue weighted by molar-refractivity contribution is -0.124. The number of hydrogen-bond donors (Lipinski definition) is 0. The molecule has 1 aliphatic carbocycles. The first-order valence-corrected chi connectivity index (χ1v) is 12.5. The molecule has 8 nitrogen and oxygen atoms in total. The van der Waals surface area contributed by atoms with Crippen LogP contribution in [0.5, 0.6) is 17.2 Å². The normalized spacial score (nSPS) is 17.9. The number of ketones is 1. The van der Waals surface area contributed by atoms with E-state index in [4.69, 9.17) is 18.9 Å². The molecule has 190 valence electrons. The van der Waals surface area contributed by atoms with E-state index in [1.54, 1.807) is 12.1 Å². The summed E-state index contributed by atoms with van der Waals surface area (Å²) in [7, 11) is 4.55. The molecule has 1 saturated heterocycles. The maximum Gasteiger partial charge on any atom is 0.338 e. The predicted molar refractivity (Wildman–Crippen MR) is 130 cm³/mol. The Balaban J connectivity index is 1.33. The molecule has 0 aromatic heterocycles. The molecule has 0 unspecified atom stereocenters. The van der Waals surface area contributed by atoms with Gasteiger partial charge in [-0.3, -0.25) is 4.79 Å². The van der Waals surface area contributed by atoms with E-state index in [2.05, 4.69) is 9.80 Å². The van der Waals surface area contributed by atoms with Crippen LogP contribution in [0.15, 0.2) is 12.1 Å². The van der Waals surface area contributed by atoms with E-state index in [0.29, 0.717) is 47.5 Å². The molecular formula is C26H40N2O6. The summed E-state index contributed by atoms with van der Waals surface area (Å²) in [5.74, 6) is 1.67. The average molecular weight is 477 g/mol. The number of carbonyl (C=O) groups excluding carboxylic acids is 2. The largest absolute Gasteiger partial charge is 0.493 e. The van der Waals surface area contributed by atoms with E-state index in [-0.39, 0.29) is 0 Å². The number of Topliss-reactive ketones (excluding diaryl/α,β-unsaturated/α-hetero) is 1. The molecule has 34 heavy (non-hydrogen) atoms. The van der Waals surface area contributed by atoms with Gasteiger partial charge in [-0.1, -0.05) is 19.3 Å². The molecule has 3 rings (SSSR count). The molecule has 2 aliphatic rings. The summed E-state index contributed by atoms with van der Waals surface area (Å²) in [6.07, 6.45) is 7.38. The van der Waals surface area contributed by atoms with Gasteiger partial charge in [0.2, 0.25) is 5.75 Å². The second-order valence-electron chi connectivity index (χ2n) is 9.14. The number of carbonyl (C=O) groups is 2. The van der Waals surface area contributed by atoms with Gasteiger partial charge in [-0.2, -0.15) is 0 Å². The quantitative estimate of drug-likeness (QED) is 0.336. The predicted octanol–water partition coefficient (Wildman–Crippen LogP) is 3.42. The van der Waals surface area contributed by atoms with Crippen LogP contribution in [0.1, 0.15) is 55.3 Å². The summed E-state index contributed by atoms with van der Waals surface area (Å²) in [6.45, 7) is 6.07. The van der Waals surface area contributed by atoms with Crippen LogP contribution in [0.4, 0.5) is 0 Å². The molecule has 1 heterocycles. The van der Waals surface area contributed by atoms with Crippen LogP contribution < -0.4 is 14.2 Å². The zero-order valence-corrected chi connectivity index (χ0v) is 21.0. The monoisotopic (exact) mass is 476 g/mol. The van der Waals surface area contributed by atoms with Crippen molar-refractivity contribution in [3.63, 3.8) is 0 Å². The molecule has 0 bridgehead atoms. The van der Waals surface area contributed by atoms with Crippen molar-refractivity contribution in [1.82, 2.24) is 9.80 Å². The molecule has 2 fully saturated rings. The molecule has 0 amide bonds. The Labute approximate surface area is 203 Å². The number of ether oxygens (including phenoxy) is 4. The molecule has 0 spiro atoms. The third-order valence-electron chi connectivity index (χ3n) is 6.95. The number of piperazine rings is 1. The van der Waals surface area contributed by atoms with Crippen LogP contribution in [0.25, 0.3) is 0 Å². The summed E-state index contributed by atoms with van der Waals surface area (Å²) >= 11 is 0. The van der Waals surface area contributed by atoms with Gasteiger partial charge in [-0.25, -0.2) is 4.79 Å². The number of esters is 1. The maximum absolute atomic E-state index is 12.5. The van der Waals surface area contributed by atoms with Gasteiger partial charge in [-0.15, -0.1) is 0 Å². The van der Waals surface area contributed by atoms with E-state index >= 15 is 0 Å². The van der Waals surface area contributed by atoms with Gasteiger partial charge < -0.3 is 28.7 Å². The molecule has 1 aromatic rings. The Morgan fingerprint density at radius 3 is 2.00 bits per heavy atom. The summed E-state index contributed by atoms with van der Waals surface area (Å²) in [4.78, 5) is 29.7. The number of benzene rings is 1. The maximum atomic E-state index is 12.5. The van der Waals surface area contributed by atoms with Crippen LogP contribution in [0, 0.1) is 5.92 Å². The number of nitrogens with zero attached hydrogens (tertiary/aromatic N) is 2. The molecule has 1 aromatic carbocycles. The lowest BCUT2D eigenvalue weighted by Crippen LogP contribution is -2.47. The van der Waals surface area contributed by atoms with Crippen LogP contribution in [0.3, 0.4) is 0 Å². The molecule has 1 aliphatic heterocycles. The fraction of sp³-hybridized carbons (Fsp3) is 0.692. The lowest BCUT2D eigenvalue weighted by Gasteiger charge is -2.34. The molecule has 1 saturated carbocycles. The number of rotatable bonds is 12. The van der Waals surface area contributed by atoms with Gasteiger partial charge in [0, 0.05) is 51.6 Å². The fourth-order valence-corrected chi connectivity index (χ4v) is 4.87. The van der Waals surface area contributed by atoms with Gasteiger partial charge in [0.1, 0.15) is 5.78 Å². The van der Waals surface area contributed by atoms with E-state index in [9.17, 15) is 9.59 Å². The third kappa shape index (κ3) is 7.34. The summed E-state index contributed by atoms with van der Waals surface area (Å²) < 4.78 is 21.4. The fourth-order valence-electron chi connectivity index (χ4n) is 4.87. The van der Waals surface area contributed by atoms with E-state index < -0.39 is 5.97 Å². The Morgan fingerprint density at radius 1 is 0.853 bits per heavy atom. The van der Waals surface area contributed by atoms with Gasteiger partial charge in [0.05, 0.1) is 33.5 Å². The van der Waals surface area contributed by atoms with Gasteiger partial charge in [0.15, 0.2) is 11.5 Å². The molecule has 0 atom stereocenters. The number of hydrogen-bond acceptors (Lipinski definition) is 8. The van der Waals surface area contributed by atoms with Crippen molar-refractivity contribution >= 4 is 11.8 Å². The first kappa shape index (κ1) is 26.3. The molecule has 0 radical (unpaired) electrons. The first-order valence-electron chi connectivity index (χ1n) is 12.5. The van der Waals surface area contributed by atoms with Gasteiger partial charge in [0.25, 0.3) is 0 Å². The molecule has 0 N–H and O–H groups in total. The van der Waals surface area contributed by atoms with Crippen LogP contribution in [-0.2, 0) is 9.53 Å². The minimum Gasteiger partial charge on any atom is -0.493 e. The van der Waals surface area contributed by atoms with E-state index in [1.165, 1.54) is 40.6 Å². The highest BCUT2D eigenvalue weighted by atomic mass is 16.5. The van der Waals surface area contributed by atoms with Crippen molar-refractivity contribution in [2.75, 3.05) is 67.2 Å². The highest BCUT2D eigenvalue weighted by Gasteiger charge is 2.23. The lowest BCUT2D eigenvalue weighted by atomic mass is 9.85. The summed E-state index contributed by atoms with van der Waals surface area (Å²) in [5.41, 5.74) is 0.367. The highest BCUT2D eigenvalue weighted by molar-refractivity contribution is 5.91. The second kappa shape index (κ2) is 13.5. The second-order valence-corrected chi connectivity index (χ2v) is 9.14. The zero-order chi connectivity index (χ0) is 24.3. The minimum atomic E-state index is -0.410. The average Bonchev–Trinajstić information content (AvgIpc) is 2.89. The van der Waals surface area contributed by atoms with Crippen molar-refractivity contribution in [2.24, 2.45) is 5.92 Å². The van der Waals surface area contributed by atoms with Crippen molar-refractivity contribution < 1.29 is 28.5 Å². The van der Waals surface area contributed by atoms with E-state index in [1.807, 2.05) is 0 Å². The van der Waals surface area contributed by atoms with E-state index in [0.717, 1.165) is 58.5 Å². The highest BCUT2D eigenvalue weighted by Crippen LogP contribution is 2.38. The topological polar surface area (TPSA) is 77.5 Å². The Kier molecular flexibility index (Phi) is 10.5. The SMILES string of the molecule is COc1cc(C(=O)OCCCN2CCN(CCC(=O)C3CCCCC3)CC2)cc(OC)c1OC. The van der Waals surface area contributed by atoms with Crippen molar-refractivity contribution in [3.05, 3.63) is 17.7 Å². The van der Waals surface area contributed by atoms with Crippen molar-refractivity contribution in [1.29, 1.82) is 0 Å². The molecule has 8 heteroatoms. The van der Waals surface area contributed by atoms with Crippen LogP contribution >= 0.6 is 0 Å². The minimum absolute atomic E-state index is 0.317. The first-order chi connectivity index (χ1) is 16.5. The third-order valence-corrected chi connectivity index (χ3v) is 6.95. The van der Waals surface area contributed by atoms with Crippen LogP contribution in [-0.4, -0.2) is 88.8 Å². The van der Waals surface area contributed by atoms with Gasteiger partial charge in [-0.05, 0) is 31.4 Å². The van der Waals surface area contributed by atoms with Gasteiger partial charge >= 0.3 is 5.97 Å². The zero-order valence-electron chi connectivity index (χ0n) is 21.0.